The van der Waals surface area contributed by atoms with Gasteiger partial charge in [-0.2, -0.15) is 0 Å². The average Bonchev–Trinajstić information content (AvgIpc) is 3.53. The van der Waals surface area contributed by atoms with Crippen LogP contribution in [0.25, 0.3) is 12.8 Å². The Morgan fingerprint density at radius 3 is 2.72 bits per heavy atom. The second kappa shape index (κ2) is 10.2. The Labute approximate surface area is 174 Å². The second-order valence-corrected chi connectivity index (χ2v) is 8.70. The van der Waals surface area contributed by atoms with Gasteiger partial charge >= 0.3 is 0 Å². The van der Waals surface area contributed by atoms with Gasteiger partial charge < -0.3 is 15.4 Å². The van der Waals surface area contributed by atoms with Gasteiger partial charge in [-0.05, 0) is 75.4 Å². The molecule has 1 aliphatic carbocycles. The SMILES string of the molecule is C=c1ccc(C(=O)NCC(C)OCC2CC2)c(C)/c1=C/[N+](=C)CC1CCNCC1. The summed E-state index contributed by atoms with van der Waals surface area (Å²) in [5.74, 6) is 1.32. The number of ether oxygens (including phenoxy) is 1. The molecule has 2 fully saturated rings. The molecule has 29 heavy (non-hydrogen) atoms. The van der Waals surface area contributed by atoms with E-state index in [1.807, 2.05) is 36.8 Å². The maximum atomic E-state index is 12.7. The third-order valence-corrected chi connectivity index (χ3v) is 5.98. The highest BCUT2D eigenvalue weighted by atomic mass is 16.5. The van der Waals surface area contributed by atoms with E-state index in [0.717, 1.165) is 48.2 Å². The van der Waals surface area contributed by atoms with E-state index in [0.29, 0.717) is 18.0 Å². The van der Waals surface area contributed by atoms with Gasteiger partial charge in [0.05, 0.1) is 6.10 Å². The van der Waals surface area contributed by atoms with Crippen molar-refractivity contribution in [3.63, 3.8) is 0 Å². The standard InChI is InChI=1S/C24H35N3O2/c1-17-5-8-22(24(28)26-13-18(2)29-16-21-6-7-21)19(3)23(17)15-27(4)14-20-9-11-25-12-10-20/h5,8,15,18,20-21,25H,1,4,6-7,9-14,16H2,2-3H3/p+1/b23-15+. The van der Waals surface area contributed by atoms with E-state index in [4.69, 9.17) is 4.74 Å². The van der Waals surface area contributed by atoms with Crippen LogP contribution in [0.5, 0.6) is 0 Å². The quantitative estimate of drug-likeness (QED) is 0.488. The molecule has 1 unspecified atom stereocenters. The summed E-state index contributed by atoms with van der Waals surface area (Å²) in [6, 6.07) is 3.78. The Kier molecular flexibility index (Phi) is 7.62. The van der Waals surface area contributed by atoms with Gasteiger partial charge in [0.1, 0.15) is 6.72 Å². The molecule has 1 aromatic carbocycles. The Morgan fingerprint density at radius 1 is 1.31 bits per heavy atom. The summed E-state index contributed by atoms with van der Waals surface area (Å²) in [5, 5.41) is 8.32. The monoisotopic (exact) mass is 398 g/mol. The zero-order valence-electron chi connectivity index (χ0n) is 18.0. The van der Waals surface area contributed by atoms with Gasteiger partial charge in [0, 0.05) is 29.9 Å². The van der Waals surface area contributed by atoms with Crippen molar-refractivity contribution in [1.82, 2.24) is 10.6 Å². The van der Waals surface area contributed by atoms with Gasteiger partial charge in [-0.1, -0.05) is 12.6 Å². The molecule has 5 nitrogen and oxygen atoms in total. The minimum Gasteiger partial charge on any atom is -0.376 e. The Hall–Kier alpha value is -1.98. The van der Waals surface area contributed by atoms with Gasteiger partial charge in [-0.15, -0.1) is 0 Å². The summed E-state index contributed by atoms with van der Waals surface area (Å²) in [4.78, 5) is 12.7. The summed E-state index contributed by atoms with van der Waals surface area (Å²) in [6.07, 6.45) is 6.97. The van der Waals surface area contributed by atoms with Crippen molar-refractivity contribution in [3.8, 4) is 0 Å². The molecular formula is C24H36N3O2+. The first kappa shape index (κ1) is 21.7. The maximum Gasteiger partial charge on any atom is 0.251 e. The van der Waals surface area contributed by atoms with Crippen LogP contribution in [0.4, 0.5) is 0 Å². The van der Waals surface area contributed by atoms with E-state index >= 15 is 0 Å². The lowest BCUT2D eigenvalue weighted by atomic mass is 9.98. The van der Waals surface area contributed by atoms with Crippen molar-refractivity contribution in [2.45, 2.75) is 45.6 Å². The molecule has 1 aromatic rings. The lowest BCUT2D eigenvalue weighted by Crippen LogP contribution is -2.36. The van der Waals surface area contributed by atoms with Crippen molar-refractivity contribution in [3.05, 3.63) is 33.7 Å². The number of rotatable bonds is 9. The highest BCUT2D eigenvalue weighted by molar-refractivity contribution is 5.95. The molecule has 0 aromatic heterocycles. The summed E-state index contributed by atoms with van der Waals surface area (Å²) in [5.41, 5.74) is 1.63. The molecule has 3 rings (SSSR count). The molecule has 1 aliphatic heterocycles. The molecule has 5 heteroatoms. The Balaban J connectivity index is 1.64. The molecule has 1 amide bonds. The number of nitrogens with one attached hydrogen (secondary N) is 2. The molecule has 0 radical (unpaired) electrons. The zero-order chi connectivity index (χ0) is 20.8. The summed E-state index contributed by atoms with van der Waals surface area (Å²) >= 11 is 0. The lowest BCUT2D eigenvalue weighted by molar-refractivity contribution is -0.422. The predicted octanol–water partition coefficient (Wildman–Crippen LogP) is 1.40. The van der Waals surface area contributed by atoms with E-state index in [-0.39, 0.29) is 12.0 Å². The highest BCUT2D eigenvalue weighted by Crippen LogP contribution is 2.29. The molecule has 2 aliphatic rings. The molecular weight excluding hydrogens is 362 g/mol. The molecule has 1 atom stereocenters. The topological polar surface area (TPSA) is 53.4 Å². The van der Waals surface area contributed by atoms with Gasteiger partial charge in [0.25, 0.3) is 5.91 Å². The number of hydrogen-bond donors (Lipinski definition) is 2. The minimum absolute atomic E-state index is 0.0262. The second-order valence-electron chi connectivity index (χ2n) is 8.70. The van der Waals surface area contributed by atoms with Gasteiger partial charge in [-0.3, -0.25) is 4.79 Å². The van der Waals surface area contributed by atoms with E-state index in [1.54, 1.807) is 0 Å². The zero-order valence-corrected chi connectivity index (χ0v) is 18.0. The predicted molar refractivity (Wildman–Crippen MR) is 119 cm³/mol. The first-order chi connectivity index (χ1) is 13.9. The smallest absolute Gasteiger partial charge is 0.251 e. The fraction of sp³-hybridized carbons (Fsp3) is 0.583. The largest absolute Gasteiger partial charge is 0.376 e. The fourth-order valence-electron chi connectivity index (χ4n) is 3.82. The van der Waals surface area contributed by atoms with Crippen LogP contribution >= 0.6 is 0 Å². The van der Waals surface area contributed by atoms with Crippen molar-refractivity contribution in [2.24, 2.45) is 11.8 Å². The molecule has 0 bridgehead atoms. The van der Waals surface area contributed by atoms with Crippen molar-refractivity contribution in [1.29, 1.82) is 0 Å². The third kappa shape index (κ3) is 6.51. The first-order valence-corrected chi connectivity index (χ1v) is 10.9. The molecule has 2 N–H and O–H groups in total. The Morgan fingerprint density at radius 2 is 2.03 bits per heavy atom. The number of carbonyl (C=O) groups excluding carboxylic acids is 1. The minimum atomic E-state index is -0.0620. The van der Waals surface area contributed by atoms with Crippen LogP contribution in [-0.4, -0.2) is 56.1 Å². The molecule has 0 spiro atoms. The lowest BCUT2D eigenvalue weighted by Gasteiger charge is -2.19. The molecule has 1 saturated carbocycles. The summed E-state index contributed by atoms with van der Waals surface area (Å²) < 4.78 is 7.80. The van der Waals surface area contributed by atoms with Crippen molar-refractivity contribution < 1.29 is 14.1 Å². The van der Waals surface area contributed by atoms with E-state index in [1.165, 1.54) is 25.7 Å². The van der Waals surface area contributed by atoms with Crippen molar-refractivity contribution >= 4 is 25.4 Å². The van der Waals surface area contributed by atoms with Gasteiger partial charge in [0.2, 0.25) is 0 Å². The van der Waals surface area contributed by atoms with Crippen LogP contribution in [0.2, 0.25) is 0 Å². The number of benzene rings is 1. The van der Waals surface area contributed by atoms with Crippen LogP contribution < -0.4 is 21.1 Å². The first-order valence-electron chi connectivity index (χ1n) is 10.9. The van der Waals surface area contributed by atoms with E-state index in [2.05, 4.69) is 23.9 Å². The summed E-state index contributed by atoms with van der Waals surface area (Å²) in [6.45, 7) is 16.8. The number of piperidine rings is 1. The number of amides is 1. The summed E-state index contributed by atoms with van der Waals surface area (Å²) in [7, 11) is 0. The van der Waals surface area contributed by atoms with Crippen LogP contribution in [0.1, 0.15) is 48.5 Å². The molecule has 1 heterocycles. The number of nitrogens with zero attached hydrogens (tertiary/aromatic N) is 1. The number of carbonyl (C=O) groups is 1. The highest BCUT2D eigenvalue weighted by Gasteiger charge is 2.22. The normalized spacial score (nSPS) is 19.2. The maximum absolute atomic E-state index is 12.7. The van der Waals surface area contributed by atoms with E-state index in [9.17, 15) is 4.79 Å². The van der Waals surface area contributed by atoms with Gasteiger partial charge in [0.15, 0.2) is 12.7 Å². The van der Waals surface area contributed by atoms with E-state index < -0.39 is 0 Å². The van der Waals surface area contributed by atoms with Crippen molar-refractivity contribution in [2.75, 3.05) is 32.8 Å². The van der Waals surface area contributed by atoms with Gasteiger partial charge in [-0.25, -0.2) is 4.58 Å². The molecule has 1 saturated heterocycles. The third-order valence-electron chi connectivity index (χ3n) is 5.98. The molecule has 158 valence electrons. The van der Waals surface area contributed by atoms with Crippen LogP contribution in [0.15, 0.2) is 12.1 Å². The van der Waals surface area contributed by atoms with Crippen LogP contribution in [-0.2, 0) is 4.74 Å². The average molecular weight is 399 g/mol. The van der Waals surface area contributed by atoms with Crippen LogP contribution in [0, 0.1) is 18.8 Å². The fourth-order valence-corrected chi connectivity index (χ4v) is 3.82. The Bertz CT molecular complexity index is 838. The van der Waals surface area contributed by atoms with Crippen LogP contribution in [0.3, 0.4) is 0 Å². The number of hydrogen-bond acceptors (Lipinski definition) is 3.